The van der Waals surface area contributed by atoms with Gasteiger partial charge < -0.3 is 16.9 Å². The number of hydrazone groups is 1. The molecule has 182 valence electrons. The minimum absolute atomic E-state index is 0.0703. The fourth-order valence-electron chi connectivity index (χ4n) is 3.42. The van der Waals surface area contributed by atoms with Crippen LogP contribution in [0.4, 0.5) is 18.9 Å². The lowest BCUT2D eigenvalue weighted by atomic mass is 10.0. The highest BCUT2D eigenvalue weighted by Gasteiger charge is 2.31. The first-order chi connectivity index (χ1) is 16.5. The second kappa shape index (κ2) is 10.2. The molecule has 1 heterocycles. The van der Waals surface area contributed by atoms with Gasteiger partial charge in [-0.15, -0.1) is 0 Å². The van der Waals surface area contributed by atoms with Crippen LogP contribution in [0.3, 0.4) is 0 Å². The molecule has 0 bridgehead atoms. The first kappa shape index (κ1) is 25.2. The number of hydrogen-bond acceptors (Lipinski definition) is 6. The Labute approximate surface area is 198 Å². The second-order valence-corrected chi connectivity index (χ2v) is 7.64. The van der Waals surface area contributed by atoms with Crippen LogP contribution in [0.25, 0.3) is 5.69 Å². The molecule has 0 radical (unpaired) electrons. The van der Waals surface area contributed by atoms with E-state index in [0.29, 0.717) is 17.0 Å². The fourth-order valence-corrected chi connectivity index (χ4v) is 3.42. The number of carbonyl (C=O) groups excluding carboxylic acids is 1. The summed E-state index contributed by atoms with van der Waals surface area (Å²) < 4.78 is 40.7. The Kier molecular flexibility index (Phi) is 7.38. The molecule has 2 aromatic carbocycles. The average molecular weight is 484 g/mol. The molecule has 0 aliphatic rings. The summed E-state index contributed by atoms with van der Waals surface area (Å²) in [6, 6.07) is 11.7. The summed E-state index contributed by atoms with van der Waals surface area (Å²) in [5.41, 5.74) is 6.19. The van der Waals surface area contributed by atoms with E-state index in [4.69, 9.17) is 11.6 Å². The van der Waals surface area contributed by atoms with Crippen molar-refractivity contribution in [2.24, 2.45) is 15.9 Å². The van der Waals surface area contributed by atoms with Crippen molar-refractivity contribution in [2.45, 2.75) is 19.1 Å². The van der Waals surface area contributed by atoms with Gasteiger partial charge in [-0.1, -0.05) is 12.1 Å². The minimum atomic E-state index is -4.57. The van der Waals surface area contributed by atoms with E-state index in [1.807, 2.05) is 0 Å². The highest BCUT2D eigenvalue weighted by Crippen LogP contribution is 2.32. The molecule has 0 saturated heterocycles. The number of anilines is 1. The van der Waals surface area contributed by atoms with Crippen molar-refractivity contribution in [2.75, 3.05) is 12.8 Å². The number of aromatic nitrogens is 1. The number of hydrogen-bond donors (Lipinski definition) is 3. The average Bonchev–Trinajstić information content (AvgIpc) is 2.81. The van der Waals surface area contributed by atoms with Gasteiger partial charge in [0.25, 0.3) is 11.5 Å². The number of carbonyl (C=O) groups is 1. The van der Waals surface area contributed by atoms with Crippen molar-refractivity contribution < 1.29 is 18.0 Å². The molecule has 1 amide bonds. The normalized spacial score (nSPS) is 13.1. The maximum Gasteiger partial charge on any atom is 0.416 e. The van der Waals surface area contributed by atoms with Crippen molar-refractivity contribution in [3.63, 3.8) is 0 Å². The summed E-state index contributed by atoms with van der Waals surface area (Å²) >= 11 is 0. The summed E-state index contributed by atoms with van der Waals surface area (Å²) in [4.78, 5) is 29.5. The van der Waals surface area contributed by atoms with Crippen molar-refractivity contribution in [1.82, 2.24) is 9.88 Å². The molecule has 1 aromatic heterocycles. The Hall–Kier alpha value is -4.41. The molecule has 0 unspecified atom stereocenters. The van der Waals surface area contributed by atoms with Crippen LogP contribution in [0.2, 0.25) is 0 Å². The summed E-state index contributed by atoms with van der Waals surface area (Å²) in [7, 11) is 1.57. The quantitative estimate of drug-likeness (QED) is 0.215. The van der Waals surface area contributed by atoms with Crippen molar-refractivity contribution in [1.29, 1.82) is 0 Å². The third-order valence-corrected chi connectivity index (χ3v) is 5.18. The van der Waals surface area contributed by atoms with Crippen LogP contribution >= 0.6 is 0 Å². The van der Waals surface area contributed by atoms with Crippen LogP contribution in [0, 0.1) is 0 Å². The van der Waals surface area contributed by atoms with Crippen molar-refractivity contribution in [3.8, 4) is 5.69 Å². The molecule has 3 rings (SSSR count). The third kappa shape index (κ3) is 5.94. The molecular weight excluding hydrogens is 461 g/mol. The van der Waals surface area contributed by atoms with E-state index in [1.165, 1.54) is 42.1 Å². The lowest BCUT2D eigenvalue weighted by Gasteiger charge is -2.18. The Bertz CT molecular complexity index is 1360. The van der Waals surface area contributed by atoms with Gasteiger partial charge >= 0.3 is 6.18 Å². The van der Waals surface area contributed by atoms with Gasteiger partial charge in [0.1, 0.15) is 0 Å². The SMILES string of the molecule is CN=C(C=NN)c1cccc(-n2cc(C(=O)N[C@H](C)c3cc(N)cc(C(F)(F)F)c3)ccc2=O)c1. The standard InChI is InChI=1S/C24H23F3N6O2/c1-14(17-8-18(24(25,26)27)11-19(28)9-17)32-23(35)16-6-7-22(34)33(13-16)20-5-3-4-15(10-20)21(30-2)12-31-29/h3-14H,28-29H2,1-2H3,(H,32,35)/t14-/m1/s1. The number of nitrogens with zero attached hydrogens (tertiary/aromatic N) is 3. The summed E-state index contributed by atoms with van der Waals surface area (Å²) in [5.74, 6) is 4.64. The van der Waals surface area contributed by atoms with E-state index in [-0.39, 0.29) is 22.4 Å². The van der Waals surface area contributed by atoms with Crippen molar-refractivity contribution in [3.05, 3.63) is 93.4 Å². The Balaban J connectivity index is 1.90. The zero-order valence-electron chi connectivity index (χ0n) is 18.9. The van der Waals surface area contributed by atoms with Crippen molar-refractivity contribution >= 4 is 23.5 Å². The van der Waals surface area contributed by atoms with Gasteiger partial charge in [0, 0.05) is 36.2 Å². The van der Waals surface area contributed by atoms with E-state index in [1.54, 1.807) is 31.3 Å². The molecule has 0 spiro atoms. The zero-order chi connectivity index (χ0) is 25.8. The highest BCUT2D eigenvalue weighted by molar-refractivity contribution is 6.38. The van der Waals surface area contributed by atoms with E-state index in [9.17, 15) is 22.8 Å². The molecule has 0 aliphatic carbocycles. The molecule has 0 fully saturated rings. The molecular formula is C24H23F3N6O2. The second-order valence-electron chi connectivity index (χ2n) is 7.64. The zero-order valence-corrected chi connectivity index (χ0v) is 18.9. The number of aliphatic imine (C=N–C) groups is 1. The lowest BCUT2D eigenvalue weighted by molar-refractivity contribution is -0.137. The van der Waals surface area contributed by atoms with Crippen LogP contribution in [0.5, 0.6) is 0 Å². The molecule has 5 N–H and O–H groups in total. The predicted molar refractivity (Wildman–Crippen MR) is 129 cm³/mol. The molecule has 0 aliphatic heterocycles. The van der Waals surface area contributed by atoms with Gasteiger partial charge in [-0.05, 0) is 48.9 Å². The molecule has 8 nitrogen and oxygen atoms in total. The number of rotatable bonds is 6. The number of nitrogen functional groups attached to an aromatic ring is 1. The molecule has 0 saturated carbocycles. The first-order valence-electron chi connectivity index (χ1n) is 10.4. The first-order valence-corrected chi connectivity index (χ1v) is 10.4. The molecule has 11 heteroatoms. The number of pyridine rings is 1. The molecule has 35 heavy (non-hydrogen) atoms. The number of nitrogens with one attached hydrogen (secondary N) is 1. The summed E-state index contributed by atoms with van der Waals surface area (Å²) in [5, 5.41) is 6.11. The maximum atomic E-state index is 13.1. The highest BCUT2D eigenvalue weighted by atomic mass is 19.4. The number of alkyl halides is 3. The van der Waals surface area contributed by atoms with Gasteiger partial charge in [-0.2, -0.15) is 18.3 Å². The monoisotopic (exact) mass is 484 g/mol. The van der Waals surface area contributed by atoms with Gasteiger partial charge in [-0.3, -0.25) is 19.1 Å². The van der Waals surface area contributed by atoms with Crippen LogP contribution in [0.15, 0.2) is 75.7 Å². The summed E-state index contributed by atoms with van der Waals surface area (Å²) in [6.07, 6.45) is -1.85. The Morgan fingerprint density at radius 2 is 1.86 bits per heavy atom. The number of nitrogens with two attached hydrogens (primary N) is 2. The van der Waals surface area contributed by atoms with Crippen LogP contribution in [0.1, 0.15) is 40.0 Å². The molecule has 1 atom stereocenters. The Morgan fingerprint density at radius 3 is 2.51 bits per heavy atom. The third-order valence-electron chi connectivity index (χ3n) is 5.18. The van der Waals surface area contributed by atoms with E-state index in [2.05, 4.69) is 15.4 Å². The fraction of sp³-hybridized carbons (Fsp3) is 0.167. The van der Waals surface area contributed by atoms with E-state index >= 15 is 0 Å². The number of benzene rings is 2. The smallest absolute Gasteiger partial charge is 0.399 e. The van der Waals surface area contributed by atoms with Gasteiger partial charge in [0.15, 0.2) is 0 Å². The minimum Gasteiger partial charge on any atom is -0.399 e. The number of halogens is 3. The largest absolute Gasteiger partial charge is 0.416 e. The Morgan fingerprint density at radius 1 is 1.11 bits per heavy atom. The molecule has 3 aromatic rings. The van der Waals surface area contributed by atoms with E-state index in [0.717, 1.165) is 12.1 Å². The maximum absolute atomic E-state index is 13.1. The van der Waals surface area contributed by atoms with Crippen LogP contribution in [-0.4, -0.2) is 29.4 Å². The van der Waals surface area contributed by atoms with E-state index < -0.39 is 23.7 Å². The van der Waals surface area contributed by atoms with Gasteiger partial charge in [0.2, 0.25) is 0 Å². The van der Waals surface area contributed by atoms with Crippen LogP contribution < -0.4 is 22.5 Å². The van der Waals surface area contributed by atoms with Gasteiger partial charge in [-0.25, -0.2) is 0 Å². The van der Waals surface area contributed by atoms with Crippen LogP contribution in [-0.2, 0) is 6.18 Å². The van der Waals surface area contributed by atoms with Gasteiger partial charge in [0.05, 0.1) is 29.1 Å². The predicted octanol–water partition coefficient (Wildman–Crippen LogP) is 3.29. The lowest BCUT2D eigenvalue weighted by Crippen LogP contribution is -2.29. The topological polar surface area (TPSA) is 128 Å². The summed E-state index contributed by atoms with van der Waals surface area (Å²) in [6.45, 7) is 1.54. The number of amides is 1.